The first-order chi connectivity index (χ1) is 8.33. The molecule has 0 aromatic carbocycles. The zero-order valence-electron chi connectivity index (χ0n) is 10.8. The highest BCUT2D eigenvalue weighted by molar-refractivity contribution is 5.07. The number of likely N-dealkylation sites (tertiary alicyclic amines) is 1. The fourth-order valence-electron chi connectivity index (χ4n) is 2.72. The Bertz CT molecular complexity index is 335. The molecule has 96 valence electrons. The van der Waals surface area contributed by atoms with Crippen molar-refractivity contribution in [2.24, 2.45) is 5.73 Å². The Hall–Kier alpha value is -0.800. The largest absolute Gasteiger partial charge is 0.463 e. The molecule has 1 unspecified atom stereocenters. The van der Waals surface area contributed by atoms with Crippen molar-refractivity contribution in [1.29, 1.82) is 0 Å². The van der Waals surface area contributed by atoms with Gasteiger partial charge in [0.15, 0.2) is 0 Å². The van der Waals surface area contributed by atoms with Crippen molar-refractivity contribution in [3.8, 4) is 0 Å². The molecular weight excluding hydrogens is 212 g/mol. The van der Waals surface area contributed by atoms with E-state index in [0.717, 1.165) is 24.1 Å². The SMILES string of the molecule is CCC1CCCCCN1Cc1ccc(CN)o1. The fourth-order valence-corrected chi connectivity index (χ4v) is 2.72. The second kappa shape index (κ2) is 6.22. The van der Waals surface area contributed by atoms with Crippen LogP contribution in [0.2, 0.25) is 0 Å². The minimum Gasteiger partial charge on any atom is -0.463 e. The molecule has 3 nitrogen and oxygen atoms in total. The number of nitrogens with zero attached hydrogens (tertiary/aromatic N) is 1. The lowest BCUT2D eigenvalue weighted by Gasteiger charge is -2.28. The molecule has 1 aliphatic rings. The van der Waals surface area contributed by atoms with E-state index in [4.69, 9.17) is 10.2 Å². The highest BCUT2D eigenvalue weighted by Gasteiger charge is 2.20. The normalized spacial score (nSPS) is 22.6. The van der Waals surface area contributed by atoms with Crippen LogP contribution in [0.3, 0.4) is 0 Å². The van der Waals surface area contributed by atoms with Gasteiger partial charge in [-0.3, -0.25) is 4.90 Å². The lowest BCUT2D eigenvalue weighted by Crippen LogP contribution is -2.33. The molecule has 0 saturated carbocycles. The number of hydrogen-bond acceptors (Lipinski definition) is 3. The van der Waals surface area contributed by atoms with Gasteiger partial charge >= 0.3 is 0 Å². The summed E-state index contributed by atoms with van der Waals surface area (Å²) in [5, 5.41) is 0. The topological polar surface area (TPSA) is 42.4 Å². The minimum atomic E-state index is 0.497. The maximum atomic E-state index is 5.70. The summed E-state index contributed by atoms with van der Waals surface area (Å²) in [6.45, 7) is 4.93. The van der Waals surface area contributed by atoms with Gasteiger partial charge in [-0.25, -0.2) is 0 Å². The first-order valence-corrected chi connectivity index (χ1v) is 6.85. The van der Waals surface area contributed by atoms with Crippen molar-refractivity contribution in [2.45, 2.75) is 58.2 Å². The second-order valence-electron chi connectivity index (χ2n) is 4.95. The molecule has 3 heteroatoms. The molecule has 0 spiro atoms. The van der Waals surface area contributed by atoms with Gasteiger partial charge in [-0.1, -0.05) is 19.8 Å². The summed E-state index contributed by atoms with van der Waals surface area (Å²) < 4.78 is 5.70. The summed E-state index contributed by atoms with van der Waals surface area (Å²) >= 11 is 0. The summed E-state index contributed by atoms with van der Waals surface area (Å²) in [5.41, 5.74) is 5.57. The van der Waals surface area contributed by atoms with Gasteiger partial charge in [0.1, 0.15) is 11.5 Å². The standard InChI is InChI=1S/C14H24N2O/c1-2-12-6-4-3-5-9-16(12)11-14-8-7-13(10-15)17-14/h7-8,12H,2-6,9-11,15H2,1H3. The van der Waals surface area contributed by atoms with Gasteiger partial charge in [0.2, 0.25) is 0 Å². The lowest BCUT2D eigenvalue weighted by atomic mass is 10.1. The maximum Gasteiger partial charge on any atom is 0.118 e. The number of furan rings is 1. The number of nitrogens with two attached hydrogens (primary N) is 1. The monoisotopic (exact) mass is 236 g/mol. The molecule has 1 saturated heterocycles. The van der Waals surface area contributed by atoms with Gasteiger partial charge in [-0.15, -0.1) is 0 Å². The summed E-state index contributed by atoms with van der Waals surface area (Å²) in [6, 6.07) is 4.79. The Balaban J connectivity index is 1.99. The van der Waals surface area contributed by atoms with Crippen molar-refractivity contribution in [3.63, 3.8) is 0 Å². The maximum absolute atomic E-state index is 5.70. The zero-order chi connectivity index (χ0) is 12.1. The summed E-state index contributed by atoms with van der Waals surface area (Å²) in [6.07, 6.45) is 6.65. The zero-order valence-corrected chi connectivity index (χ0v) is 10.8. The van der Waals surface area contributed by atoms with E-state index in [1.54, 1.807) is 0 Å². The molecule has 17 heavy (non-hydrogen) atoms. The molecule has 0 bridgehead atoms. The van der Waals surface area contributed by atoms with Crippen molar-refractivity contribution in [2.75, 3.05) is 6.54 Å². The summed E-state index contributed by atoms with van der Waals surface area (Å²) in [7, 11) is 0. The first kappa shape index (κ1) is 12.7. The van der Waals surface area contributed by atoms with E-state index in [9.17, 15) is 0 Å². The summed E-state index contributed by atoms with van der Waals surface area (Å²) in [5.74, 6) is 1.95. The third-order valence-corrected chi connectivity index (χ3v) is 3.75. The Morgan fingerprint density at radius 1 is 1.29 bits per heavy atom. The van der Waals surface area contributed by atoms with Gasteiger partial charge < -0.3 is 10.2 Å². The van der Waals surface area contributed by atoms with Crippen molar-refractivity contribution in [3.05, 3.63) is 23.7 Å². The van der Waals surface area contributed by atoms with Gasteiger partial charge in [0.05, 0.1) is 13.1 Å². The van der Waals surface area contributed by atoms with E-state index >= 15 is 0 Å². The average Bonchev–Trinajstić information content (AvgIpc) is 2.68. The van der Waals surface area contributed by atoms with E-state index in [1.807, 2.05) is 6.07 Å². The predicted molar refractivity (Wildman–Crippen MR) is 69.6 cm³/mol. The van der Waals surface area contributed by atoms with Crippen LogP contribution in [0.4, 0.5) is 0 Å². The molecular formula is C14H24N2O. The van der Waals surface area contributed by atoms with Crippen LogP contribution >= 0.6 is 0 Å². The third kappa shape index (κ3) is 3.33. The van der Waals surface area contributed by atoms with Crippen molar-refractivity contribution >= 4 is 0 Å². The third-order valence-electron chi connectivity index (χ3n) is 3.75. The first-order valence-electron chi connectivity index (χ1n) is 6.85. The molecule has 2 rings (SSSR count). The van der Waals surface area contributed by atoms with E-state index < -0.39 is 0 Å². The molecule has 1 aromatic heterocycles. The predicted octanol–water partition coefficient (Wildman–Crippen LogP) is 2.89. The van der Waals surface area contributed by atoms with Gasteiger partial charge in [-0.2, -0.15) is 0 Å². The van der Waals surface area contributed by atoms with Crippen LogP contribution in [0.25, 0.3) is 0 Å². The fraction of sp³-hybridized carbons (Fsp3) is 0.714. The van der Waals surface area contributed by atoms with Crippen LogP contribution < -0.4 is 5.73 Å². The minimum absolute atomic E-state index is 0.497. The van der Waals surface area contributed by atoms with Crippen molar-refractivity contribution < 1.29 is 4.42 Å². The number of rotatable bonds is 4. The molecule has 1 aliphatic heterocycles. The van der Waals surface area contributed by atoms with E-state index in [1.165, 1.54) is 38.6 Å². The molecule has 0 aliphatic carbocycles. The Kier molecular flexibility index (Phi) is 4.63. The van der Waals surface area contributed by atoms with E-state index in [0.29, 0.717) is 6.54 Å². The molecule has 2 heterocycles. The second-order valence-corrected chi connectivity index (χ2v) is 4.95. The Morgan fingerprint density at radius 2 is 2.12 bits per heavy atom. The van der Waals surface area contributed by atoms with Gasteiger partial charge in [-0.05, 0) is 37.9 Å². The molecule has 1 atom stereocenters. The highest BCUT2D eigenvalue weighted by Crippen LogP contribution is 2.21. The van der Waals surface area contributed by atoms with Crippen LogP contribution in [0.1, 0.15) is 50.5 Å². The Labute approximate surface area is 104 Å². The highest BCUT2D eigenvalue weighted by atomic mass is 16.3. The molecule has 0 radical (unpaired) electrons. The smallest absolute Gasteiger partial charge is 0.118 e. The molecule has 1 aromatic rings. The van der Waals surface area contributed by atoms with Crippen LogP contribution in [0.15, 0.2) is 16.5 Å². The molecule has 1 fully saturated rings. The lowest BCUT2D eigenvalue weighted by molar-refractivity contribution is 0.171. The molecule has 2 N–H and O–H groups in total. The van der Waals surface area contributed by atoms with Crippen LogP contribution in [0, 0.1) is 0 Å². The van der Waals surface area contributed by atoms with Crippen LogP contribution in [0.5, 0.6) is 0 Å². The van der Waals surface area contributed by atoms with Gasteiger partial charge in [0, 0.05) is 6.04 Å². The average molecular weight is 236 g/mol. The van der Waals surface area contributed by atoms with Gasteiger partial charge in [0.25, 0.3) is 0 Å². The van der Waals surface area contributed by atoms with Crippen LogP contribution in [-0.2, 0) is 13.1 Å². The van der Waals surface area contributed by atoms with Crippen LogP contribution in [-0.4, -0.2) is 17.5 Å². The quantitative estimate of drug-likeness (QED) is 0.874. The van der Waals surface area contributed by atoms with E-state index in [-0.39, 0.29) is 0 Å². The molecule has 0 amide bonds. The van der Waals surface area contributed by atoms with E-state index in [2.05, 4.69) is 17.9 Å². The Morgan fingerprint density at radius 3 is 2.82 bits per heavy atom. The summed E-state index contributed by atoms with van der Waals surface area (Å²) in [4.78, 5) is 2.58. The number of hydrogen-bond donors (Lipinski definition) is 1. The van der Waals surface area contributed by atoms with Crippen molar-refractivity contribution in [1.82, 2.24) is 4.90 Å².